The average molecular weight is 447 g/mol. The number of rotatable bonds is 3. The summed E-state index contributed by atoms with van der Waals surface area (Å²) in [6.45, 7) is 2.66. The number of aromatic nitrogens is 1. The molecule has 2 aliphatic rings. The Kier molecular flexibility index (Phi) is 5.94. The molecule has 32 heavy (non-hydrogen) atoms. The highest BCUT2D eigenvalue weighted by molar-refractivity contribution is 5.95. The highest BCUT2D eigenvalue weighted by Crippen LogP contribution is 2.43. The van der Waals surface area contributed by atoms with Crippen LogP contribution in [0.4, 0.5) is 18.9 Å². The third-order valence-corrected chi connectivity index (χ3v) is 6.35. The molecule has 2 fully saturated rings. The van der Waals surface area contributed by atoms with E-state index in [9.17, 15) is 22.8 Å². The summed E-state index contributed by atoms with van der Waals surface area (Å²) >= 11 is 0. The second-order valence-corrected chi connectivity index (χ2v) is 8.42. The minimum Gasteiger partial charge on any atom is -0.362 e. The molecule has 1 spiro atoms. The van der Waals surface area contributed by atoms with Crippen molar-refractivity contribution in [2.24, 2.45) is 5.92 Å². The van der Waals surface area contributed by atoms with Crippen molar-refractivity contribution in [3.8, 4) is 0 Å². The lowest BCUT2D eigenvalue weighted by atomic mass is 9.80. The van der Waals surface area contributed by atoms with Gasteiger partial charge in [-0.1, -0.05) is 13.0 Å². The number of anilines is 1. The predicted octanol–water partition coefficient (Wildman–Crippen LogP) is 4.14. The number of ether oxygens (including phenoxy) is 1. The molecule has 0 bridgehead atoms. The van der Waals surface area contributed by atoms with Crippen LogP contribution in [0.2, 0.25) is 0 Å². The molecule has 2 amide bonds. The number of halogens is 3. The molecular weight excluding hydrogens is 423 g/mol. The van der Waals surface area contributed by atoms with E-state index in [0.717, 1.165) is 12.1 Å². The monoisotopic (exact) mass is 447 g/mol. The number of likely N-dealkylation sites (tertiary alicyclic amines) is 1. The van der Waals surface area contributed by atoms with Gasteiger partial charge in [-0.25, -0.2) is 0 Å². The van der Waals surface area contributed by atoms with Crippen molar-refractivity contribution in [1.82, 2.24) is 9.88 Å². The lowest BCUT2D eigenvalue weighted by molar-refractivity contribution is -0.141. The largest absolute Gasteiger partial charge is 0.416 e. The Morgan fingerprint density at radius 3 is 2.72 bits per heavy atom. The van der Waals surface area contributed by atoms with Crippen LogP contribution in [0.3, 0.4) is 0 Å². The van der Waals surface area contributed by atoms with E-state index in [2.05, 4.69) is 10.3 Å². The first-order valence-electron chi connectivity index (χ1n) is 10.5. The van der Waals surface area contributed by atoms with Crippen molar-refractivity contribution in [3.63, 3.8) is 0 Å². The van der Waals surface area contributed by atoms with Crippen LogP contribution < -0.4 is 5.32 Å². The van der Waals surface area contributed by atoms with Gasteiger partial charge < -0.3 is 15.0 Å². The van der Waals surface area contributed by atoms with Crippen LogP contribution in [0.25, 0.3) is 0 Å². The van der Waals surface area contributed by atoms with Crippen LogP contribution in [-0.2, 0) is 15.7 Å². The van der Waals surface area contributed by atoms with Gasteiger partial charge in [-0.05, 0) is 49.6 Å². The molecule has 2 saturated heterocycles. The first kappa shape index (κ1) is 22.3. The summed E-state index contributed by atoms with van der Waals surface area (Å²) in [4.78, 5) is 31.0. The number of pyridine rings is 1. The van der Waals surface area contributed by atoms with Crippen molar-refractivity contribution >= 4 is 17.5 Å². The van der Waals surface area contributed by atoms with Gasteiger partial charge in [0.2, 0.25) is 0 Å². The number of nitrogens with one attached hydrogen (secondary N) is 1. The van der Waals surface area contributed by atoms with Crippen LogP contribution >= 0.6 is 0 Å². The smallest absolute Gasteiger partial charge is 0.362 e. The van der Waals surface area contributed by atoms with Crippen molar-refractivity contribution in [3.05, 3.63) is 59.9 Å². The maximum absolute atomic E-state index is 13.0. The molecule has 3 heterocycles. The summed E-state index contributed by atoms with van der Waals surface area (Å²) in [5.41, 5.74) is -0.756. The Morgan fingerprint density at radius 2 is 2.03 bits per heavy atom. The number of hydrogen-bond donors (Lipinski definition) is 1. The molecule has 3 unspecified atom stereocenters. The van der Waals surface area contributed by atoms with E-state index in [0.29, 0.717) is 38.0 Å². The fourth-order valence-corrected chi connectivity index (χ4v) is 4.52. The minimum atomic E-state index is -4.50. The zero-order chi connectivity index (χ0) is 22.9. The van der Waals surface area contributed by atoms with E-state index in [1.165, 1.54) is 12.1 Å². The van der Waals surface area contributed by atoms with Crippen LogP contribution in [0.1, 0.15) is 42.1 Å². The number of amides is 2. The second kappa shape index (κ2) is 8.54. The van der Waals surface area contributed by atoms with Crippen molar-refractivity contribution in [2.45, 2.75) is 44.1 Å². The molecule has 2 aliphatic heterocycles. The lowest BCUT2D eigenvalue weighted by Gasteiger charge is -2.44. The highest BCUT2D eigenvalue weighted by Gasteiger charge is 2.49. The van der Waals surface area contributed by atoms with Gasteiger partial charge in [-0.3, -0.25) is 14.6 Å². The van der Waals surface area contributed by atoms with E-state index in [-0.39, 0.29) is 17.4 Å². The highest BCUT2D eigenvalue weighted by atomic mass is 19.4. The number of piperidine rings is 1. The molecule has 0 radical (unpaired) electrons. The number of carbonyl (C=O) groups excluding carboxylic acids is 2. The molecule has 1 aromatic heterocycles. The van der Waals surface area contributed by atoms with Crippen molar-refractivity contribution in [1.29, 1.82) is 0 Å². The van der Waals surface area contributed by atoms with Crippen LogP contribution in [-0.4, -0.2) is 46.5 Å². The molecule has 3 atom stereocenters. The van der Waals surface area contributed by atoms with Crippen LogP contribution in [0.5, 0.6) is 0 Å². The average Bonchev–Trinajstić information content (AvgIpc) is 3.21. The van der Waals surface area contributed by atoms with E-state index in [1.807, 2.05) is 6.92 Å². The quantitative estimate of drug-likeness (QED) is 0.768. The third-order valence-electron chi connectivity index (χ3n) is 6.35. The molecule has 1 aromatic carbocycles. The van der Waals surface area contributed by atoms with Crippen LogP contribution in [0, 0.1) is 5.92 Å². The first-order chi connectivity index (χ1) is 15.2. The van der Waals surface area contributed by atoms with Gasteiger partial charge >= 0.3 is 6.18 Å². The van der Waals surface area contributed by atoms with Gasteiger partial charge in [0, 0.05) is 30.8 Å². The molecular formula is C23H24F3N3O3. The molecule has 9 heteroatoms. The summed E-state index contributed by atoms with van der Waals surface area (Å²) in [5, 5.41) is 2.80. The Labute approximate surface area is 183 Å². The number of benzene rings is 1. The Balaban J connectivity index is 1.39. The summed E-state index contributed by atoms with van der Waals surface area (Å²) in [6.07, 6.45) is -0.143. The maximum atomic E-state index is 13.0. The number of carbonyl (C=O) groups is 2. The molecule has 6 nitrogen and oxygen atoms in total. The molecule has 1 N–H and O–H groups in total. The third kappa shape index (κ3) is 4.48. The topological polar surface area (TPSA) is 71.5 Å². The van der Waals surface area contributed by atoms with Gasteiger partial charge in [0.15, 0.2) is 0 Å². The summed E-state index contributed by atoms with van der Waals surface area (Å²) < 4.78 is 45.2. The summed E-state index contributed by atoms with van der Waals surface area (Å²) in [7, 11) is 0. The van der Waals surface area contributed by atoms with Gasteiger partial charge in [-0.15, -0.1) is 0 Å². The zero-order valence-corrected chi connectivity index (χ0v) is 17.6. The van der Waals surface area contributed by atoms with Crippen molar-refractivity contribution in [2.75, 3.05) is 18.4 Å². The maximum Gasteiger partial charge on any atom is 0.416 e. The Hall–Kier alpha value is -2.94. The number of alkyl halides is 3. The Morgan fingerprint density at radius 1 is 1.22 bits per heavy atom. The minimum absolute atomic E-state index is 0.0176. The summed E-state index contributed by atoms with van der Waals surface area (Å²) in [6, 6.07) is 7.96. The summed E-state index contributed by atoms with van der Waals surface area (Å²) in [5.74, 6) is -0.728. The fraction of sp³-hybridized carbons (Fsp3) is 0.435. The Bertz CT molecular complexity index is 999. The second-order valence-electron chi connectivity index (χ2n) is 8.42. The molecule has 0 saturated carbocycles. The molecule has 2 aromatic rings. The number of hydrogen-bond acceptors (Lipinski definition) is 4. The van der Waals surface area contributed by atoms with Crippen LogP contribution in [0.15, 0.2) is 48.8 Å². The van der Waals surface area contributed by atoms with E-state index >= 15 is 0 Å². The van der Waals surface area contributed by atoms with Gasteiger partial charge in [0.05, 0.1) is 23.0 Å². The van der Waals surface area contributed by atoms with Gasteiger partial charge in [-0.2, -0.15) is 13.2 Å². The lowest BCUT2D eigenvalue weighted by Crippen LogP contribution is -2.52. The SMILES string of the molecule is CC1CN(C(=O)c2cccc(C(F)(F)F)c2)CCC12CCC(C(=O)Nc1cccnc1)O2. The first-order valence-corrected chi connectivity index (χ1v) is 10.5. The van der Waals surface area contributed by atoms with E-state index in [1.54, 1.807) is 29.4 Å². The van der Waals surface area contributed by atoms with Gasteiger partial charge in [0.25, 0.3) is 11.8 Å². The zero-order valence-electron chi connectivity index (χ0n) is 17.6. The fourth-order valence-electron chi connectivity index (χ4n) is 4.52. The number of nitrogens with zero attached hydrogens (tertiary/aromatic N) is 2. The molecule has 170 valence electrons. The molecule has 0 aliphatic carbocycles. The molecule has 4 rings (SSSR count). The van der Waals surface area contributed by atoms with Gasteiger partial charge in [0.1, 0.15) is 6.10 Å². The predicted molar refractivity (Wildman–Crippen MR) is 111 cm³/mol. The van der Waals surface area contributed by atoms with Crippen molar-refractivity contribution < 1.29 is 27.5 Å². The standard InChI is InChI=1S/C23H24F3N3O3/c1-15-14-29(21(31)16-4-2-5-17(12-16)23(24,25)26)11-9-22(15)8-7-19(32-22)20(30)28-18-6-3-10-27-13-18/h2-6,10,12-13,15,19H,7-9,11,14H2,1H3,(H,28,30). The normalized spacial score (nSPS) is 25.7. The van der Waals surface area contributed by atoms with E-state index in [4.69, 9.17) is 4.74 Å². The van der Waals surface area contributed by atoms with E-state index < -0.39 is 29.4 Å².